The summed E-state index contributed by atoms with van der Waals surface area (Å²) >= 11 is 0. The first-order valence-electron chi connectivity index (χ1n) is 23.9. The van der Waals surface area contributed by atoms with Crippen LogP contribution in [-0.2, 0) is 12.8 Å². The van der Waals surface area contributed by atoms with E-state index in [0.717, 1.165) is 43.6 Å². The van der Waals surface area contributed by atoms with Crippen molar-refractivity contribution in [3.05, 3.63) is 241 Å². The van der Waals surface area contributed by atoms with Crippen molar-refractivity contribution in [2.24, 2.45) is 0 Å². The van der Waals surface area contributed by atoms with Crippen LogP contribution in [0.2, 0.25) is 0 Å². The molecule has 1 heterocycles. The number of aryl methyl sites for hydroxylation is 2. The maximum atomic E-state index is 5.06. The summed E-state index contributed by atoms with van der Waals surface area (Å²) in [7, 11) is 0. The van der Waals surface area contributed by atoms with Crippen LogP contribution in [0.25, 0.3) is 106 Å². The van der Waals surface area contributed by atoms with Crippen molar-refractivity contribution in [2.45, 2.75) is 39.0 Å². The van der Waals surface area contributed by atoms with Crippen LogP contribution in [0.4, 0.5) is 0 Å². The fourth-order valence-electron chi connectivity index (χ4n) is 10.8. The van der Waals surface area contributed by atoms with Gasteiger partial charge in [-0.15, -0.1) is 0 Å². The molecule has 0 saturated carbocycles. The Labute approximate surface area is 393 Å². The second-order valence-electron chi connectivity index (χ2n) is 17.8. The zero-order valence-electron chi connectivity index (χ0n) is 37.8. The monoisotopic (exact) mass is 858 g/mol. The molecule has 0 aliphatic heterocycles. The molecule has 2 aliphatic carbocycles. The number of aromatic nitrogens is 2. The lowest BCUT2D eigenvalue weighted by atomic mass is 9.77. The second kappa shape index (κ2) is 17.4. The Kier molecular flexibility index (Phi) is 10.5. The molecule has 0 bridgehead atoms. The van der Waals surface area contributed by atoms with Crippen LogP contribution in [0, 0.1) is 0 Å². The SMILES string of the molecule is CCc1nc2c(n1-c1ccc(-c3c4ccccc4c(-c4cccc(-c5cc(-c6ccccc6)c(C6=CCCC=C6)c(-c6ccccc6)c5-c5ccccc5)c4)c4ccccc34)cc1)C=CCC2. The van der Waals surface area contributed by atoms with Gasteiger partial charge in [-0.3, -0.25) is 4.57 Å². The maximum absolute atomic E-state index is 5.06. The zero-order valence-corrected chi connectivity index (χ0v) is 37.8. The summed E-state index contributed by atoms with van der Waals surface area (Å²) < 4.78 is 2.35. The van der Waals surface area contributed by atoms with Gasteiger partial charge in [0.25, 0.3) is 0 Å². The lowest BCUT2D eigenvalue weighted by Crippen LogP contribution is -2.03. The topological polar surface area (TPSA) is 17.8 Å². The van der Waals surface area contributed by atoms with Gasteiger partial charge in [0.15, 0.2) is 0 Å². The van der Waals surface area contributed by atoms with E-state index in [2.05, 4.69) is 236 Å². The van der Waals surface area contributed by atoms with Gasteiger partial charge in [0, 0.05) is 12.1 Å². The number of hydrogen-bond donors (Lipinski definition) is 0. The van der Waals surface area contributed by atoms with Gasteiger partial charge in [-0.1, -0.05) is 201 Å². The van der Waals surface area contributed by atoms with E-state index < -0.39 is 0 Å². The average Bonchev–Trinajstić information content (AvgIpc) is 3.79. The third kappa shape index (κ3) is 7.17. The molecule has 0 saturated heterocycles. The molecular weight excluding hydrogens is 809 g/mol. The summed E-state index contributed by atoms with van der Waals surface area (Å²) in [5, 5.41) is 4.97. The fourth-order valence-corrected chi connectivity index (χ4v) is 10.8. The molecule has 10 aromatic rings. The zero-order chi connectivity index (χ0) is 44.7. The van der Waals surface area contributed by atoms with Crippen LogP contribution in [0.1, 0.15) is 49.0 Å². The molecule has 0 radical (unpaired) electrons. The summed E-state index contributed by atoms with van der Waals surface area (Å²) in [6.07, 6.45) is 16.7. The first-order chi connectivity index (χ1) is 33.2. The third-order valence-electron chi connectivity index (χ3n) is 13.8. The normalized spacial score (nSPS) is 13.2. The largest absolute Gasteiger partial charge is 0.297 e. The minimum atomic E-state index is 0.887. The van der Waals surface area contributed by atoms with Crippen molar-refractivity contribution in [2.75, 3.05) is 0 Å². The Morgan fingerprint density at radius 3 is 1.55 bits per heavy atom. The van der Waals surface area contributed by atoms with Crippen LogP contribution < -0.4 is 0 Å². The average molecular weight is 859 g/mol. The lowest BCUT2D eigenvalue weighted by molar-refractivity contribution is 0.884. The molecule has 0 atom stereocenters. The molecular formula is C65H50N2. The molecule has 0 amide bonds. The van der Waals surface area contributed by atoms with E-state index in [1.54, 1.807) is 0 Å². The summed E-state index contributed by atoms with van der Waals surface area (Å²) in [5.41, 5.74) is 20.8. The highest BCUT2D eigenvalue weighted by Crippen LogP contribution is 2.51. The number of allylic oxidation sites excluding steroid dienone is 5. The van der Waals surface area contributed by atoms with E-state index in [9.17, 15) is 0 Å². The molecule has 0 N–H and O–H groups in total. The number of benzene rings is 9. The minimum absolute atomic E-state index is 0.887. The molecule has 9 aromatic carbocycles. The van der Waals surface area contributed by atoms with E-state index in [1.165, 1.54) is 111 Å². The number of fused-ring (bicyclic) bond motifs is 3. The van der Waals surface area contributed by atoms with E-state index in [0.29, 0.717) is 0 Å². The highest BCUT2D eigenvalue weighted by atomic mass is 15.1. The molecule has 12 rings (SSSR count). The highest BCUT2D eigenvalue weighted by Gasteiger charge is 2.26. The van der Waals surface area contributed by atoms with Gasteiger partial charge >= 0.3 is 0 Å². The van der Waals surface area contributed by atoms with Crippen LogP contribution in [-0.4, -0.2) is 9.55 Å². The molecule has 2 nitrogen and oxygen atoms in total. The predicted molar refractivity (Wildman–Crippen MR) is 284 cm³/mol. The van der Waals surface area contributed by atoms with Gasteiger partial charge in [0.1, 0.15) is 5.82 Å². The third-order valence-corrected chi connectivity index (χ3v) is 13.8. The Morgan fingerprint density at radius 1 is 0.418 bits per heavy atom. The van der Waals surface area contributed by atoms with Gasteiger partial charge in [-0.25, -0.2) is 4.98 Å². The predicted octanol–water partition coefficient (Wildman–Crippen LogP) is 17.4. The van der Waals surface area contributed by atoms with E-state index in [-0.39, 0.29) is 0 Å². The second-order valence-corrected chi connectivity index (χ2v) is 17.8. The maximum Gasteiger partial charge on any atom is 0.113 e. The molecule has 67 heavy (non-hydrogen) atoms. The molecule has 0 unspecified atom stereocenters. The van der Waals surface area contributed by atoms with Crippen molar-refractivity contribution >= 4 is 33.2 Å². The van der Waals surface area contributed by atoms with Crippen LogP contribution in [0.15, 0.2) is 218 Å². The Bertz CT molecular complexity index is 3510. The van der Waals surface area contributed by atoms with E-state index >= 15 is 0 Å². The Morgan fingerprint density at radius 2 is 0.940 bits per heavy atom. The molecule has 2 aliphatic rings. The van der Waals surface area contributed by atoms with Gasteiger partial charge in [0.2, 0.25) is 0 Å². The Hall–Kier alpha value is -8.07. The van der Waals surface area contributed by atoms with E-state index in [4.69, 9.17) is 4.98 Å². The molecule has 2 heteroatoms. The first-order valence-corrected chi connectivity index (χ1v) is 23.9. The fraction of sp³-hybridized carbons (Fsp3) is 0.0923. The minimum Gasteiger partial charge on any atom is -0.297 e. The number of nitrogens with zero attached hydrogens (tertiary/aromatic N) is 2. The lowest BCUT2D eigenvalue weighted by Gasteiger charge is -2.26. The van der Waals surface area contributed by atoms with Gasteiger partial charge < -0.3 is 0 Å². The molecule has 320 valence electrons. The number of hydrogen-bond acceptors (Lipinski definition) is 1. The molecule has 0 fully saturated rings. The van der Waals surface area contributed by atoms with E-state index in [1.807, 2.05) is 0 Å². The quantitative estimate of drug-likeness (QED) is 0.132. The highest BCUT2D eigenvalue weighted by molar-refractivity contribution is 6.21. The van der Waals surface area contributed by atoms with Crippen molar-refractivity contribution in [1.29, 1.82) is 0 Å². The summed E-state index contributed by atoms with van der Waals surface area (Å²) in [5.74, 6) is 1.12. The van der Waals surface area contributed by atoms with Crippen molar-refractivity contribution in [3.63, 3.8) is 0 Å². The standard InChI is InChI=1S/C65H50N2/c1-2-60-66-58-36-19-20-37-59(58)67(60)51-40-38-48(39-41-51)61-52-32-15-17-34-54(52)62(55-35-18-16-33-53(55)61)50-31-21-30-49(42-50)57-43-56(44-22-7-3-8-23-44)63(45-24-9-4-10-25-45)65(47-28-13-6-14-29-47)64(57)46-26-11-5-12-27-46/h3,5-9,11-18,20-35,37-43H,2,4,10,19,36H2,1H3. The van der Waals surface area contributed by atoms with Crippen LogP contribution in [0.3, 0.4) is 0 Å². The summed E-state index contributed by atoms with van der Waals surface area (Å²) in [6, 6.07) is 72.0. The number of rotatable bonds is 9. The summed E-state index contributed by atoms with van der Waals surface area (Å²) in [4.78, 5) is 5.06. The summed E-state index contributed by atoms with van der Waals surface area (Å²) in [6.45, 7) is 2.20. The van der Waals surface area contributed by atoms with Gasteiger partial charge in [0.05, 0.1) is 11.4 Å². The smallest absolute Gasteiger partial charge is 0.113 e. The van der Waals surface area contributed by atoms with Crippen LogP contribution in [0.5, 0.6) is 0 Å². The molecule has 0 spiro atoms. The first kappa shape index (κ1) is 40.4. The van der Waals surface area contributed by atoms with Crippen molar-refractivity contribution in [1.82, 2.24) is 9.55 Å². The van der Waals surface area contributed by atoms with Crippen molar-refractivity contribution < 1.29 is 0 Å². The van der Waals surface area contributed by atoms with Crippen LogP contribution >= 0.6 is 0 Å². The van der Waals surface area contributed by atoms with Gasteiger partial charge in [-0.2, -0.15) is 0 Å². The number of imidazole rings is 1. The van der Waals surface area contributed by atoms with Crippen molar-refractivity contribution in [3.8, 4) is 72.4 Å². The Balaban J connectivity index is 1.08. The molecule has 1 aromatic heterocycles. The van der Waals surface area contributed by atoms with Gasteiger partial charge in [-0.05, 0) is 155 Å².